The minimum Gasteiger partial charge on any atom is -0.469 e. The number of fused-ring (bicyclic) bond motifs is 1. The van der Waals surface area contributed by atoms with Gasteiger partial charge in [-0.2, -0.15) is 0 Å². The van der Waals surface area contributed by atoms with E-state index < -0.39 is 5.60 Å². The van der Waals surface area contributed by atoms with Crippen LogP contribution in [0.3, 0.4) is 0 Å². The van der Waals surface area contributed by atoms with Crippen LogP contribution in [0.4, 0.5) is 0 Å². The first kappa shape index (κ1) is 11.7. The lowest BCUT2D eigenvalue weighted by molar-refractivity contribution is 0.0386. The van der Waals surface area contributed by atoms with E-state index in [2.05, 4.69) is 5.32 Å². The summed E-state index contributed by atoms with van der Waals surface area (Å²) in [5.74, 6) is 1.10. The summed E-state index contributed by atoms with van der Waals surface area (Å²) in [7, 11) is 0. The quantitative estimate of drug-likeness (QED) is 0.827. The van der Waals surface area contributed by atoms with E-state index in [0.717, 1.165) is 25.0 Å². The van der Waals surface area contributed by atoms with Gasteiger partial charge in [-0.25, -0.2) is 0 Å². The SMILES string of the molecule is CC(NC1CCCc2occc21)C(C)(C)O. The Bertz CT molecular complexity index is 351. The number of hydrogen-bond acceptors (Lipinski definition) is 3. The maximum atomic E-state index is 9.93. The Balaban J connectivity index is 2.08. The molecule has 1 heterocycles. The zero-order chi connectivity index (χ0) is 11.8. The van der Waals surface area contributed by atoms with Gasteiger partial charge in [0.1, 0.15) is 5.76 Å². The van der Waals surface area contributed by atoms with Gasteiger partial charge in [0.2, 0.25) is 0 Å². The molecule has 3 heteroatoms. The van der Waals surface area contributed by atoms with Crippen molar-refractivity contribution in [2.24, 2.45) is 0 Å². The fourth-order valence-electron chi connectivity index (χ4n) is 2.17. The van der Waals surface area contributed by atoms with E-state index in [1.807, 2.05) is 26.8 Å². The molecule has 2 unspecified atom stereocenters. The van der Waals surface area contributed by atoms with E-state index in [1.54, 1.807) is 6.26 Å². The fourth-order valence-corrected chi connectivity index (χ4v) is 2.17. The number of aliphatic hydroxyl groups is 1. The lowest BCUT2D eigenvalue weighted by atomic mass is 9.91. The van der Waals surface area contributed by atoms with Crippen LogP contribution in [0.5, 0.6) is 0 Å². The molecule has 1 aliphatic carbocycles. The van der Waals surface area contributed by atoms with Gasteiger partial charge in [0.15, 0.2) is 0 Å². The van der Waals surface area contributed by atoms with Gasteiger partial charge in [-0.15, -0.1) is 0 Å². The summed E-state index contributed by atoms with van der Waals surface area (Å²) in [5, 5.41) is 13.4. The number of hydrogen-bond donors (Lipinski definition) is 2. The zero-order valence-corrected chi connectivity index (χ0v) is 10.3. The molecule has 0 saturated heterocycles. The Morgan fingerprint density at radius 3 is 3.00 bits per heavy atom. The van der Waals surface area contributed by atoms with Crippen molar-refractivity contribution in [3.63, 3.8) is 0 Å². The van der Waals surface area contributed by atoms with E-state index in [9.17, 15) is 5.11 Å². The predicted octanol–water partition coefficient (Wildman–Crippen LogP) is 2.41. The number of nitrogens with one attached hydrogen (secondary N) is 1. The minimum atomic E-state index is -0.693. The fraction of sp³-hybridized carbons (Fsp3) is 0.692. The molecule has 1 aromatic heterocycles. The van der Waals surface area contributed by atoms with Crippen molar-refractivity contribution < 1.29 is 9.52 Å². The van der Waals surface area contributed by atoms with Gasteiger partial charge in [-0.3, -0.25) is 0 Å². The second kappa shape index (κ2) is 4.22. The molecule has 0 spiro atoms. The van der Waals surface area contributed by atoms with Crippen molar-refractivity contribution in [2.75, 3.05) is 0 Å². The highest BCUT2D eigenvalue weighted by molar-refractivity contribution is 5.24. The molecule has 1 aliphatic rings. The Hall–Kier alpha value is -0.800. The topological polar surface area (TPSA) is 45.4 Å². The van der Waals surface area contributed by atoms with Gasteiger partial charge < -0.3 is 14.8 Å². The molecule has 0 radical (unpaired) electrons. The average molecular weight is 223 g/mol. The summed E-state index contributed by atoms with van der Waals surface area (Å²) in [6.07, 6.45) is 5.07. The van der Waals surface area contributed by atoms with Gasteiger partial charge in [-0.1, -0.05) is 0 Å². The van der Waals surface area contributed by atoms with Crippen LogP contribution in [-0.4, -0.2) is 16.7 Å². The summed E-state index contributed by atoms with van der Waals surface area (Å²) >= 11 is 0. The van der Waals surface area contributed by atoms with Crippen LogP contribution in [0, 0.1) is 0 Å². The second-order valence-electron chi connectivity index (χ2n) is 5.29. The van der Waals surface area contributed by atoms with Crippen LogP contribution >= 0.6 is 0 Å². The van der Waals surface area contributed by atoms with Crippen molar-refractivity contribution in [3.05, 3.63) is 23.7 Å². The molecular weight excluding hydrogens is 202 g/mol. The lowest BCUT2D eigenvalue weighted by Crippen LogP contribution is -2.46. The van der Waals surface area contributed by atoms with Crippen molar-refractivity contribution in [1.29, 1.82) is 0 Å². The van der Waals surface area contributed by atoms with Crippen molar-refractivity contribution in [2.45, 2.75) is 57.7 Å². The first-order valence-electron chi connectivity index (χ1n) is 6.03. The summed E-state index contributed by atoms with van der Waals surface area (Å²) in [6, 6.07) is 2.44. The van der Waals surface area contributed by atoms with Gasteiger partial charge in [0.25, 0.3) is 0 Å². The van der Waals surface area contributed by atoms with Gasteiger partial charge in [0, 0.05) is 24.1 Å². The van der Waals surface area contributed by atoms with Crippen LogP contribution in [0.25, 0.3) is 0 Å². The van der Waals surface area contributed by atoms with E-state index >= 15 is 0 Å². The smallest absolute Gasteiger partial charge is 0.108 e. The normalized spacial score (nSPS) is 22.9. The predicted molar refractivity (Wildman–Crippen MR) is 63.3 cm³/mol. The molecule has 16 heavy (non-hydrogen) atoms. The third-order valence-electron chi connectivity index (χ3n) is 3.56. The summed E-state index contributed by atoms with van der Waals surface area (Å²) < 4.78 is 5.45. The highest BCUT2D eigenvalue weighted by atomic mass is 16.3. The van der Waals surface area contributed by atoms with Crippen molar-refractivity contribution in [1.82, 2.24) is 5.32 Å². The van der Waals surface area contributed by atoms with Crippen LogP contribution in [0.2, 0.25) is 0 Å². The number of furan rings is 1. The molecular formula is C13H21NO2. The van der Waals surface area contributed by atoms with E-state index in [0.29, 0.717) is 6.04 Å². The molecule has 3 nitrogen and oxygen atoms in total. The van der Waals surface area contributed by atoms with E-state index in [-0.39, 0.29) is 6.04 Å². The Labute approximate surface area is 96.8 Å². The highest BCUT2D eigenvalue weighted by Crippen LogP contribution is 2.31. The average Bonchev–Trinajstić information content (AvgIpc) is 2.65. The van der Waals surface area contributed by atoms with Crippen molar-refractivity contribution in [3.8, 4) is 0 Å². The molecule has 0 saturated carbocycles. The molecule has 90 valence electrons. The zero-order valence-electron chi connectivity index (χ0n) is 10.3. The molecule has 2 rings (SSSR count). The highest BCUT2D eigenvalue weighted by Gasteiger charge is 2.28. The molecule has 0 aliphatic heterocycles. The largest absolute Gasteiger partial charge is 0.469 e. The van der Waals surface area contributed by atoms with Crippen LogP contribution in [0.15, 0.2) is 16.7 Å². The standard InChI is InChI=1S/C13H21NO2/c1-9(13(2,3)15)14-11-5-4-6-12-10(11)7-8-16-12/h7-9,11,14-15H,4-6H2,1-3H3. The minimum absolute atomic E-state index is 0.0679. The molecule has 2 atom stereocenters. The molecule has 0 aromatic carbocycles. The first-order valence-corrected chi connectivity index (χ1v) is 6.03. The number of aryl methyl sites for hydroxylation is 1. The van der Waals surface area contributed by atoms with Crippen molar-refractivity contribution >= 4 is 0 Å². The third-order valence-corrected chi connectivity index (χ3v) is 3.56. The van der Waals surface area contributed by atoms with Crippen LogP contribution < -0.4 is 5.32 Å². The van der Waals surface area contributed by atoms with Gasteiger partial charge in [0.05, 0.1) is 11.9 Å². The van der Waals surface area contributed by atoms with E-state index in [4.69, 9.17) is 4.42 Å². The third kappa shape index (κ3) is 2.30. The summed E-state index contributed by atoms with van der Waals surface area (Å²) in [4.78, 5) is 0. The molecule has 0 fully saturated rings. The maximum absolute atomic E-state index is 9.93. The first-order chi connectivity index (χ1) is 7.48. The summed E-state index contributed by atoms with van der Waals surface area (Å²) in [5.41, 5.74) is 0.573. The molecule has 2 N–H and O–H groups in total. The molecule has 1 aromatic rings. The van der Waals surface area contributed by atoms with Crippen LogP contribution in [0.1, 0.15) is 51.0 Å². The van der Waals surface area contributed by atoms with Gasteiger partial charge in [-0.05, 0) is 39.7 Å². The van der Waals surface area contributed by atoms with E-state index in [1.165, 1.54) is 5.56 Å². The van der Waals surface area contributed by atoms with Crippen LogP contribution in [-0.2, 0) is 6.42 Å². The number of rotatable bonds is 3. The monoisotopic (exact) mass is 223 g/mol. The maximum Gasteiger partial charge on any atom is 0.108 e. The van der Waals surface area contributed by atoms with Gasteiger partial charge >= 0.3 is 0 Å². The Morgan fingerprint density at radius 2 is 2.31 bits per heavy atom. The second-order valence-corrected chi connectivity index (χ2v) is 5.29. The Kier molecular flexibility index (Phi) is 3.08. The lowest BCUT2D eigenvalue weighted by Gasteiger charge is -2.32. The Morgan fingerprint density at radius 1 is 1.56 bits per heavy atom. The molecule has 0 amide bonds. The summed E-state index contributed by atoms with van der Waals surface area (Å²) in [6.45, 7) is 5.70. The molecule has 0 bridgehead atoms.